The third-order valence-electron chi connectivity index (χ3n) is 4.48. The van der Waals surface area contributed by atoms with Gasteiger partial charge in [-0.3, -0.25) is 9.89 Å². The number of hydrogen-bond acceptors (Lipinski definition) is 3. The van der Waals surface area contributed by atoms with Gasteiger partial charge in [-0.1, -0.05) is 35.9 Å². The van der Waals surface area contributed by atoms with E-state index in [1.807, 2.05) is 12.1 Å². The largest absolute Gasteiger partial charge is 0.350 e. The van der Waals surface area contributed by atoms with Crippen LogP contribution in [0.3, 0.4) is 0 Å². The number of fused-ring (bicyclic) bond motifs is 2. The molecule has 0 saturated heterocycles. The summed E-state index contributed by atoms with van der Waals surface area (Å²) in [6.45, 7) is 1.42. The third-order valence-corrected chi connectivity index (χ3v) is 4.79. The van der Waals surface area contributed by atoms with Gasteiger partial charge in [0.1, 0.15) is 0 Å². The molecule has 2 aromatic carbocycles. The Morgan fingerprint density at radius 1 is 1.29 bits per heavy atom. The van der Waals surface area contributed by atoms with Crippen LogP contribution >= 0.6 is 11.6 Å². The summed E-state index contributed by atoms with van der Waals surface area (Å²) in [5, 5.41) is 14.6. The highest BCUT2D eigenvalue weighted by Gasteiger charge is 2.21. The first-order chi connectivity index (χ1) is 11.7. The second-order valence-electron chi connectivity index (χ2n) is 5.92. The summed E-state index contributed by atoms with van der Waals surface area (Å²) in [5.41, 5.74) is 3.69. The van der Waals surface area contributed by atoms with Crippen molar-refractivity contribution in [3.63, 3.8) is 0 Å². The standard InChI is InChI=1S/C18H17ClN4O/c19-14-6-5-12-9-22-23-17(12)16(14)18(24)21-10-15-13-4-2-1-3-11(13)7-8-20-15/h1-6,9,15,20H,7-8,10H2,(H,21,24)(H,22,23). The molecule has 0 aliphatic carbocycles. The molecule has 6 heteroatoms. The number of carbonyl (C=O) groups excluding carboxylic acids is 1. The molecule has 5 nitrogen and oxygen atoms in total. The number of rotatable bonds is 3. The van der Waals surface area contributed by atoms with Gasteiger partial charge in [-0.2, -0.15) is 5.10 Å². The van der Waals surface area contributed by atoms with Gasteiger partial charge in [0.05, 0.1) is 22.3 Å². The molecule has 1 unspecified atom stereocenters. The first-order valence-corrected chi connectivity index (χ1v) is 8.33. The molecule has 3 N–H and O–H groups in total. The van der Waals surface area contributed by atoms with E-state index in [4.69, 9.17) is 11.6 Å². The van der Waals surface area contributed by atoms with E-state index in [1.54, 1.807) is 12.3 Å². The number of hydrogen-bond donors (Lipinski definition) is 3. The zero-order valence-electron chi connectivity index (χ0n) is 13.0. The molecule has 1 atom stereocenters. The number of H-pyrrole nitrogens is 1. The van der Waals surface area contributed by atoms with Gasteiger partial charge in [-0.15, -0.1) is 0 Å². The average Bonchev–Trinajstić information content (AvgIpc) is 3.08. The summed E-state index contributed by atoms with van der Waals surface area (Å²) >= 11 is 6.23. The van der Waals surface area contributed by atoms with Crippen LogP contribution in [0.4, 0.5) is 0 Å². The van der Waals surface area contributed by atoms with Gasteiger partial charge in [-0.05, 0) is 36.2 Å². The topological polar surface area (TPSA) is 69.8 Å². The van der Waals surface area contributed by atoms with Crippen molar-refractivity contribution in [3.05, 3.63) is 64.3 Å². The SMILES string of the molecule is O=C(NCC1NCCc2ccccc21)c1c(Cl)ccc2cn[nH]c12. The maximum absolute atomic E-state index is 12.7. The Hall–Kier alpha value is -2.37. The first kappa shape index (κ1) is 15.2. The number of carbonyl (C=O) groups is 1. The predicted molar refractivity (Wildman–Crippen MR) is 94.3 cm³/mol. The van der Waals surface area contributed by atoms with Crippen molar-refractivity contribution in [2.24, 2.45) is 0 Å². The molecule has 0 bridgehead atoms. The van der Waals surface area contributed by atoms with E-state index in [0.717, 1.165) is 18.4 Å². The van der Waals surface area contributed by atoms with Crippen molar-refractivity contribution >= 4 is 28.4 Å². The predicted octanol–water partition coefficient (Wildman–Crippen LogP) is 2.83. The van der Waals surface area contributed by atoms with Gasteiger partial charge < -0.3 is 10.6 Å². The van der Waals surface area contributed by atoms with Crippen LogP contribution in [0, 0.1) is 0 Å². The second kappa shape index (κ2) is 6.26. The van der Waals surface area contributed by atoms with Crippen molar-refractivity contribution in [1.29, 1.82) is 0 Å². The van der Waals surface area contributed by atoms with Gasteiger partial charge in [0.15, 0.2) is 0 Å². The normalized spacial score (nSPS) is 16.8. The molecular formula is C18H17ClN4O. The average molecular weight is 341 g/mol. The zero-order chi connectivity index (χ0) is 16.5. The maximum atomic E-state index is 12.7. The lowest BCUT2D eigenvalue weighted by Crippen LogP contribution is -2.39. The summed E-state index contributed by atoms with van der Waals surface area (Å²) < 4.78 is 0. The smallest absolute Gasteiger partial charge is 0.255 e. The monoisotopic (exact) mass is 340 g/mol. The van der Waals surface area contributed by atoms with Crippen molar-refractivity contribution in [2.45, 2.75) is 12.5 Å². The molecule has 1 aliphatic heterocycles. The highest BCUT2D eigenvalue weighted by Crippen LogP contribution is 2.25. The van der Waals surface area contributed by atoms with Gasteiger partial charge >= 0.3 is 0 Å². The van der Waals surface area contributed by atoms with Crippen LogP contribution in [-0.2, 0) is 6.42 Å². The highest BCUT2D eigenvalue weighted by molar-refractivity contribution is 6.35. The fourth-order valence-electron chi connectivity index (χ4n) is 3.27. The van der Waals surface area contributed by atoms with E-state index in [1.165, 1.54) is 11.1 Å². The number of nitrogens with zero attached hydrogens (tertiary/aromatic N) is 1. The molecular weight excluding hydrogens is 324 g/mol. The van der Waals surface area contributed by atoms with Crippen LogP contribution in [0.2, 0.25) is 5.02 Å². The molecule has 1 aliphatic rings. The minimum Gasteiger partial charge on any atom is -0.350 e. The van der Waals surface area contributed by atoms with Crippen LogP contribution in [0.5, 0.6) is 0 Å². The Kier molecular flexibility index (Phi) is 3.96. The summed E-state index contributed by atoms with van der Waals surface area (Å²) in [6.07, 6.45) is 2.70. The second-order valence-corrected chi connectivity index (χ2v) is 6.33. The molecule has 0 spiro atoms. The Morgan fingerprint density at radius 2 is 2.17 bits per heavy atom. The van der Waals surface area contributed by atoms with Gasteiger partial charge in [0, 0.05) is 18.0 Å². The fraction of sp³-hybridized carbons (Fsp3) is 0.222. The summed E-state index contributed by atoms with van der Waals surface area (Å²) in [4.78, 5) is 12.7. The molecule has 0 radical (unpaired) electrons. The van der Waals surface area contributed by atoms with Crippen molar-refractivity contribution in [2.75, 3.05) is 13.1 Å². The molecule has 1 aromatic heterocycles. The lowest BCUT2D eigenvalue weighted by molar-refractivity contribution is 0.0950. The van der Waals surface area contributed by atoms with Crippen LogP contribution in [-0.4, -0.2) is 29.2 Å². The number of halogens is 1. The molecule has 24 heavy (non-hydrogen) atoms. The van der Waals surface area contributed by atoms with Crippen LogP contribution in [0.25, 0.3) is 10.9 Å². The van der Waals surface area contributed by atoms with E-state index in [-0.39, 0.29) is 11.9 Å². The van der Waals surface area contributed by atoms with E-state index < -0.39 is 0 Å². The molecule has 0 saturated carbocycles. The maximum Gasteiger partial charge on any atom is 0.255 e. The third kappa shape index (κ3) is 2.66. The number of nitrogens with one attached hydrogen (secondary N) is 3. The minimum absolute atomic E-state index is 0.110. The van der Waals surface area contributed by atoms with E-state index in [9.17, 15) is 4.79 Å². The minimum atomic E-state index is -0.195. The van der Waals surface area contributed by atoms with Crippen LogP contribution in [0.15, 0.2) is 42.6 Å². The number of aromatic amines is 1. The molecule has 0 fully saturated rings. The Balaban J connectivity index is 1.55. The molecule has 4 rings (SSSR count). The molecule has 3 aromatic rings. The number of amides is 1. The van der Waals surface area contributed by atoms with Gasteiger partial charge in [-0.25, -0.2) is 0 Å². The van der Waals surface area contributed by atoms with Gasteiger partial charge in [0.25, 0.3) is 5.91 Å². The molecule has 1 amide bonds. The van der Waals surface area contributed by atoms with E-state index in [2.05, 4.69) is 39.0 Å². The molecule has 2 heterocycles. The van der Waals surface area contributed by atoms with E-state index >= 15 is 0 Å². The summed E-state index contributed by atoms with van der Waals surface area (Å²) in [6, 6.07) is 12.0. The number of aromatic nitrogens is 2. The first-order valence-electron chi connectivity index (χ1n) is 7.95. The molecule has 122 valence electrons. The van der Waals surface area contributed by atoms with Crippen molar-refractivity contribution in [1.82, 2.24) is 20.8 Å². The summed E-state index contributed by atoms with van der Waals surface area (Å²) in [7, 11) is 0. The Bertz CT molecular complexity index is 905. The highest BCUT2D eigenvalue weighted by atomic mass is 35.5. The quantitative estimate of drug-likeness (QED) is 0.686. The van der Waals surface area contributed by atoms with Crippen molar-refractivity contribution < 1.29 is 4.79 Å². The van der Waals surface area contributed by atoms with Crippen molar-refractivity contribution in [3.8, 4) is 0 Å². The number of benzene rings is 2. The Morgan fingerprint density at radius 3 is 3.08 bits per heavy atom. The Labute approximate surface area is 144 Å². The lowest BCUT2D eigenvalue weighted by Gasteiger charge is -2.27. The van der Waals surface area contributed by atoms with Crippen LogP contribution < -0.4 is 10.6 Å². The van der Waals surface area contributed by atoms with E-state index in [0.29, 0.717) is 22.6 Å². The van der Waals surface area contributed by atoms with Gasteiger partial charge in [0.2, 0.25) is 0 Å². The lowest BCUT2D eigenvalue weighted by atomic mass is 9.94. The summed E-state index contributed by atoms with van der Waals surface area (Å²) in [5.74, 6) is -0.195. The zero-order valence-corrected chi connectivity index (χ0v) is 13.7. The fourth-order valence-corrected chi connectivity index (χ4v) is 3.51. The van der Waals surface area contributed by atoms with Crippen LogP contribution in [0.1, 0.15) is 27.5 Å².